The Morgan fingerprint density at radius 3 is 2.65 bits per heavy atom. The van der Waals surface area contributed by atoms with Gasteiger partial charge in [0.05, 0.1) is 6.54 Å². The number of hydrogen-bond acceptors (Lipinski definition) is 2. The molecule has 0 spiro atoms. The molecule has 0 bridgehead atoms. The monoisotopic (exact) mass is 274 g/mol. The molecule has 0 radical (unpaired) electrons. The Morgan fingerprint density at radius 2 is 1.90 bits per heavy atom. The predicted octanol–water partition coefficient (Wildman–Crippen LogP) is 3.03. The van der Waals surface area contributed by atoms with E-state index in [2.05, 4.69) is 10.6 Å². The molecule has 2 aromatic carbocycles. The van der Waals surface area contributed by atoms with Gasteiger partial charge < -0.3 is 15.4 Å². The molecule has 0 aliphatic carbocycles. The molecule has 0 saturated carbocycles. The van der Waals surface area contributed by atoms with Gasteiger partial charge >= 0.3 is 6.03 Å². The molecule has 0 aliphatic rings. The van der Waals surface area contributed by atoms with Gasteiger partial charge in [0.2, 0.25) is 0 Å². The Morgan fingerprint density at radius 1 is 1.10 bits per heavy atom. The maximum absolute atomic E-state index is 12.9. The predicted molar refractivity (Wildman–Crippen MR) is 75.4 cm³/mol. The molecule has 104 valence electrons. The van der Waals surface area contributed by atoms with Crippen molar-refractivity contribution in [2.75, 3.05) is 18.5 Å². The fraction of sp³-hybridized carbons (Fsp3) is 0.133. The Hall–Kier alpha value is -2.56. The summed E-state index contributed by atoms with van der Waals surface area (Å²) in [7, 11) is 0. The number of urea groups is 1. The van der Waals surface area contributed by atoms with Gasteiger partial charge in [-0.05, 0) is 24.3 Å². The lowest BCUT2D eigenvalue weighted by Gasteiger charge is -2.09. The van der Waals surface area contributed by atoms with E-state index in [4.69, 9.17) is 4.74 Å². The number of rotatable bonds is 5. The maximum atomic E-state index is 12.9. The van der Waals surface area contributed by atoms with E-state index in [1.54, 1.807) is 24.3 Å². The number of carbonyl (C=O) groups is 1. The number of carbonyl (C=O) groups excluding carboxylic acids is 1. The first-order valence-corrected chi connectivity index (χ1v) is 6.22. The number of hydrogen-bond donors (Lipinski definition) is 2. The fourth-order valence-corrected chi connectivity index (χ4v) is 1.59. The van der Waals surface area contributed by atoms with Crippen LogP contribution >= 0.6 is 0 Å². The van der Waals surface area contributed by atoms with E-state index in [1.807, 2.05) is 18.2 Å². The average Bonchev–Trinajstić information content (AvgIpc) is 2.45. The Balaban J connectivity index is 1.67. The minimum absolute atomic E-state index is 0.270. The number of nitrogens with one attached hydrogen (secondary N) is 2. The van der Waals surface area contributed by atoms with Crippen LogP contribution in [0.25, 0.3) is 0 Å². The van der Waals surface area contributed by atoms with Crippen LogP contribution in [0, 0.1) is 5.82 Å². The van der Waals surface area contributed by atoms with E-state index in [1.165, 1.54) is 12.1 Å². The quantitative estimate of drug-likeness (QED) is 0.823. The van der Waals surface area contributed by atoms with Gasteiger partial charge in [0, 0.05) is 11.8 Å². The van der Waals surface area contributed by atoms with Gasteiger partial charge in [-0.3, -0.25) is 0 Å². The van der Waals surface area contributed by atoms with Crippen molar-refractivity contribution in [3.63, 3.8) is 0 Å². The zero-order valence-corrected chi connectivity index (χ0v) is 10.8. The molecule has 5 heteroatoms. The van der Waals surface area contributed by atoms with Crippen LogP contribution in [0.4, 0.5) is 14.9 Å². The molecule has 2 rings (SSSR count). The highest BCUT2D eigenvalue weighted by Crippen LogP contribution is 2.11. The van der Waals surface area contributed by atoms with Gasteiger partial charge in [-0.25, -0.2) is 9.18 Å². The van der Waals surface area contributed by atoms with Crippen LogP contribution in [0.15, 0.2) is 54.6 Å². The van der Waals surface area contributed by atoms with Gasteiger partial charge in [0.1, 0.15) is 18.2 Å². The molecule has 20 heavy (non-hydrogen) atoms. The third-order valence-corrected chi connectivity index (χ3v) is 2.48. The first kappa shape index (κ1) is 13.9. The lowest BCUT2D eigenvalue weighted by Crippen LogP contribution is -2.32. The molecule has 0 aliphatic heterocycles. The number of anilines is 1. The van der Waals surface area contributed by atoms with Gasteiger partial charge in [-0.2, -0.15) is 0 Å². The summed E-state index contributed by atoms with van der Waals surface area (Å²) < 4.78 is 18.2. The lowest BCUT2D eigenvalue weighted by molar-refractivity contribution is 0.247. The van der Waals surface area contributed by atoms with E-state index in [0.29, 0.717) is 12.3 Å². The average molecular weight is 274 g/mol. The van der Waals surface area contributed by atoms with Crippen LogP contribution in [0.3, 0.4) is 0 Å². The van der Waals surface area contributed by atoms with Crippen molar-refractivity contribution in [1.29, 1.82) is 0 Å². The lowest BCUT2D eigenvalue weighted by atomic mass is 10.3. The number of para-hydroxylation sites is 1. The molecule has 4 nitrogen and oxygen atoms in total. The molecule has 0 heterocycles. The minimum Gasteiger partial charge on any atom is -0.492 e. The summed E-state index contributed by atoms with van der Waals surface area (Å²) in [5, 5.41) is 5.33. The third-order valence-electron chi connectivity index (χ3n) is 2.48. The van der Waals surface area contributed by atoms with Gasteiger partial charge in [0.15, 0.2) is 0 Å². The second-order valence-electron chi connectivity index (χ2n) is 4.05. The molecule has 0 unspecified atom stereocenters. The van der Waals surface area contributed by atoms with Crippen molar-refractivity contribution in [3.05, 3.63) is 60.4 Å². The first-order valence-electron chi connectivity index (χ1n) is 6.22. The molecular weight excluding hydrogens is 259 g/mol. The van der Waals surface area contributed by atoms with Crippen LogP contribution in [0.1, 0.15) is 0 Å². The van der Waals surface area contributed by atoms with Crippen LogP contribution in [-0.2, 0) is 0 Å². The van der Waals surface area contributed by atoms with Crippen LogP contribution in [0.2, 0.25) is 0 Å². The summed E-state index contributed by atoms with van der Waals surface area (Å²) >= 11 is 0. The Kier molecular flexibility index (Phi) is 4.94. The van der Waals surface area contributed by atoms with Crippen LogP contribution < -0.4 is 15.4 Å². The molecule has 0 aromatic heterocycles. The second-order valence-corrected chi connectivity index (χ2v) is 4.05. The number of ether oxygens (including phenoxy) is 1. The highest BCUT2D eigenvalue weighted by atomic mass is 19.1. The first-order chi connectivity index (χ1) is 9.74. The minimum atomic E-state index is -0.350. The zero-order chi connectivity index (χ0) is 14.2. The highest BCUT2D eigenvalue weighted by molar-refractivity contribution is 5.89. The molecule has 0 fully saturated rings. The largest absolute Gasteiger partial charge is 0.492 e. The van der Waals surface area contributed by atoms with Gasteiger partial charge in [-0.1, -0.05) is 24.3 Å². The zero-order valence-electron chi connectivity index (χ0n) is 10.8. The van der Waals surface area contributed by atoms with E-state index < -0.39 is 0 Å². The smallest absolute Gasteiger partial charge is 0.319 e. The molecule has 2 aromatic rings. The van der Waals surface area contributed by atoms with Crippen molar-refractivity contribution in [2.24, 2.45) is 0 Å². The topological polar surface area (TPSA) is 50.4 Å². The van der Waals surface area contributed by atoms with E-state index >= 15 is 0 Å². The van der Waals surface area contributed by atoms with Crippen molar-refractivity contribution >= 4 is 11.7 Å². The Labute approximate surface area is 116 Å². The van der Waals surface area contributed by atoms with E-state index in [0.717, 1.165) is 5.69 Å². The SMILES string of the molecule is O=C(NCCOc1cccc(F)c1)Nc1ccccc1. The summed E-state index contributed by atoms with van der Waals surface area (Å²) in [4.78, 5) is 11.5. The van der Waals surface area contributed by atoms with Gasteiger partial charge in [-0.15, -0.1) is 0 Å². The Bertz CT molecular complexity index is 561. The summed E-state index contributed by atoms with van der Waals surface area (Å²) in [5.74, 6) is 0.0903. The van der Waals surface area contributed by atoms with Crippen molar-refractivity contribution in [2.45, 2.75) is 0 Å². The van der Waals surface area contributed by atoms with Crippen LogP contribution in [0.5, 0.6) is 5.75 Å². The van der Waals surface area contributed by atoms with Crippen LogP contribution in [-0.4, -0.2) is 19.2 Å². The summed E-state index contributed by atoms with van der Waals surface area (Å²) in [6, 6.07) is 14.7. The molecule has 2 amide bonds. The summed E-state index contributed by atoms with van der Waals surface area (Å²) in [6.07, 6.45) is 0. The normalized spacial score (nSPS) is 9.85. The number of halogens is 1. The van der Waals surface area contributed by atoms with Gasteiger partial charge in [0.25, 0.3) is 0 Å². The molecular formula is C15H15FN2O2. The third kappa shape index (κ3) is 4.61. The molecule has 0 atom stereocenters. The summed E-state index contributed by atoms with van der Waals surface area (Å²) in [5.41, 5.74) is 0.719. The number of amides is 2. The van der Waals surface area contributed by atoms with E-state index in [-0.39, 0.29) is 18.5 Å². The van der Waals surface area contributed by atoms with E-state index in [9.17, 15) is 9.18 Å². The molecule has 2 N–H and O–H groups in total. The standard InChI is InChI=1S/C15H15FN2O2/c16-12-5-4-8-14(11-12)20-10-9-17-15(19)18-13-6-2-1-3-7-13/h1-8,11H,9-10H2,(H2,17,18,19). The van der Waals surface area contributed by atoms with Crippen molar-refractivity contribution in [1.82, 2.24) is 5.32 Å². The number of benzene rings is 2. The summed E-state index contributed by atoms with van der Waals surface area (Å²) in [6.45, 7) is 0.598. The maximum Gasteiger partial charge on any atom is 0.319 e. The highest BCUT2D eigenvalue weighted by Gasteiger charge is 2.00. The fourth-order valence-electron chi connectivity index (χ4n) is 1.59. The molecule has 0 saturated heterocycles. The van der Waals surface area contributed by atoms with Crippen molar-refractivity contribution < 1.29 is 13.9 Å². The van der Waals surface area contributed by atoms with Crippen molar-refractivity contribution in [3.8, 4) is 5.75 Å². The second kappa shape index (κ2) is 7.13.